The summed E-state index contributed by atoms with van der Waals surface area (Å²) >= 11 is 12.3. The van der Waals surface area contributed by atoms with Crippen LogP contribution in [0.15, 0.2) is 48.5 Å². The molecular formula is C18H19Cl2N3O2. The van der Waals surface area contributed by atoms with E-state index in [9.17, 15) is 9.59 Å². The van der Waals surface area contributed by atoms with Crippen molar-refractivity contribution in [2.24, 2.45) is 0 Å². The Bertz CT molecular complexity index is 753. The summed E-state index contributed by atoms with van der Waals surface area (Å²) in [6.45, 7) is 0.389. The number of carbonyl (C=O) groups is 2. The number of imide groups is 1. The van der Waals surface area contributed by atoms with Crippen molar-refractivity contribution < 1.29 is 9.59 Å². The maximum atomic E-state index is 12.6. The maximum Gasteiger partial charge on any atom is 0.321 e. The molecule has 0 aliphatic rings. The maximum absolute atomic E-state index is 12.6. The van der Waals surface area contributed by atoms with Gasteiger partial charge in [-0.15, -0.1) is 0 Å². The summed E-state index contributed by atoms with van der Waals surface area (Å²) < 4.78 is 0. The number of hydrogen-bond donors (Lipinski definition) is 2. The Morgan fingerprint density at radius 2 is 1.76 bits per heavy atom. The third kappa shape index (κ3) is 4.95. The molecule has 0 aliphatic heterocycles. The molecule has 0 bridgehead atoms. The van der Waals surface area contributed by atoms with Gasteiger partial charge in [-0.05, 0) is 24.2 Å². The number of amides is 3. The summed E-state index contributed by atoms with van der Waals surface area (Å²) in [6.07, 6.45) is 0. The molecule has 2 N–H and O–H groups in total. The van der Waals surface area contributed by atoms with Gasteiger partial charge in [-0.1, -0.05) is 65.7 Å². The van der Waals surface area contributed by atoms with Gasteiger partial charge in [0.2, 0.25) is 5.91 Å². The molecule has 2 aromatic rings. The van der Waals surface area contributed by atoms with Crippen LogP contribution in [0.2, 0.25) is 10.0 Å². The number of likely N-dealkylation sites (N-methyl/N-ethyl adjacent to an activating group) is 1. The lowest BCUT2D eigenvalue weighted by Gasteiger charge is -2.27. The van der Waals surface area contributed by atoms with Gasteiger partial charge < -0.3 is 5.32 Å². The van der Waals surface area contributed by atoms with Crippen molar-refractivity contribution in [2.75, 3.05) is 14.1 Å². The Balaban J connectivity index is 2.29. The standard InChI is InChI=1S/C18H19Cl2N3O2/c1-21-18(25)22-17(24)16(12-7-4-3-5-8-12)23(2)11-13-9-6-10-14(19)15(13)20/h3-10,16H,11H2,1-2H3,(H2,21,22,24,25)/t16-/m0/s1. The van der Waals surface area contributed by atoms with Gasteiger partial charge in [0.05, 0.1) is 10.0 Å². The van der Waals surface area contributed by atoms with Crippen LogP contribution in [0, 0.1) is 0 Å². The molecule has 0 saturated heterocycles. The normalized spacial score (nSPS) is 11.9. The lowest BCUT2D eigenvalue weighted by Crippen LogP contribution is -2.44. The van der Waals surface area contributed by atoms with Crippen LogP contribution in [-0.2, 0) is 11.3 Å². The highest BCUT2D eigenvalue weighted by Gasteiger charge is 2.27. The molecule has 0 spiro atoms. The van der Waals surface area contributed by atoms with Crippen molar-refractivity contribution >= 4 is 35.1 Å². The Kier molecular flexibility index (Phi) is 6.82. The Labute approximate surface area is 156 Å². The van der Waals surface area contributed by atoms with E-state index in [1.54, 1.807) is 19.2 Å². The first-order valence-corrected chi connectivity index (χ1v) is 8.40. The molecule has 2 rings (SSSR count). The highest BCUT2D eigenvalue weighted by molar-refractivity contribution is 6.42. The Morgan fingerprint density at radius 3 is 2.40 bits per heavy atom. The zero-order valence-corrected chi connectivity index (χ0v) is 15.4. The van der Waals surface area contributed by atoms with Gasteiger partial charge >= 0.3 is 6.03 Å². The van der Waals surface area contributed by atoms with Gasteiger partial charge in [0, 0.05) is 13.6 Å². The van der Waals surface area contributed by atoms with Crippen LogP contribution in [0.25, 0.3) is 0 Å². The van der Waals surface area contributed by atoms with Crippen LogP contribution in [0.1, 0.15) is 17.2 Å². The molecule has 7 heteroatoms. The number of nitrogens with zero attached hydrogens (tertiary/aromatic N) is 1. The smallest absolute Gasteiger partial charge is 0.321 e. The first-order chi connectivity index (χ1) is 11.9. The number of rotatable bonds is 5. The molecule has 0 radical (unpaired) electrons. The van der Waals surface area contributed by atoms with Crippen LogP contribution in [0.3, 0.4) is 0 Å². The molecule has 5 nitrogen and oxygen atoms in total. The predicted octanol–water partition coefficient (Wildman–Crippen LogP) is 3.62. The number of urea groups is 1. The molecule has 25 heavy (non-hydrogen) atoms. The molecule has 0 saturated carbocycles. The van der Waals surface area contributed by atoms with Crippen LogP contribution in [-0.4, -0.2) is 30.9 Å². The van der Waals surface area contributed by atoms with Crippen molar-refractivity contribution in [3.05, 3.63) is 69.7 Å². The summed E-state index contributed by atoms with van der Waals surface area (Å²) in [7, 11) is 3.24. The number of nitrogens with one attached hydrogen (secondary N) is 2. The first-order valence-electron chi connectivity index (χ1n) is 7.64. The van der Waals surface area contributed by atoms with Gasteiger partial charge in [-0.3, -0.25) is 15.0 Å². The van der Waals surface area contributed by atoms with Gasteiger partial charge in [-0.2, -0.15) is 0 Å². The number of carbonyl (C=O) groups excluding carboxylic acids is 2. The summed E-state index contributed by atoms with van der Waals surface area (Å²) in [6, 6.07) is 13.4. The third-order valence-electron chi connectivity index (χ3n) is 3.72. The summed E-state index contributed by atoms with van der Waals surface area (Å²) in [5.74, 6) is -0.425. The number of hydrogen-bond acceptors (Lipinski definition) is 3. The second-order valence-corrected chi connectivity index (χ2v) is 6.29. The second-order valence-electron chi connectivity index (χ2n) is 5.51. The molecule has 132 valence electrons. The highest BCUT2D eigenvalue weighted by Crippen LogP contribution is 2.29. The van der Waals surface area contributed by atoms with Crippen LogP contribution in [0.5, 0.6) is 0 Å². The van der Waals surface area contributed by atoms with Gasteiger partial charge in [0.15, 0.2) is 0 Å². The molecule has 0 heterocycles. The first kappa shape index (κ1) is 19.2. The second kappa shape index (κ2) is 8.85. The largest absolute Gasteiger partial charge is 0.341 e. The average Bonchev–Trinajstić information content (AvgIpc) is 2.60. The van der Waals surface area contributed by atoms with E-state index in [1.165, 1.54) is 7.05 Å². The quantitative estimate of drug-likeness (QED) is 0.833. The van der Waals surface area contributed by atoms with Gasteiger partial charge in [0.25, 0.3) is 0 Å². The molecule has 0 unspecified atom stereocenters. The molecule has 0 aliphatic carbocycles. The zero-order valence-electron chi connectivity index (χ0n) is 13.9. The van der Waals surface area contributed by atoms with Crippen molar-refractivity contribution in [2.45, 2.75) is 12.6 Å². The van der Waals surface area contributed by atoms with E-state index in [-0.39, 0.29) is 0 Å². The van der Waals surface area contributed by atoms with Crippen molar-refractivity contribution in [3.63, 3.8) is 0 Å². The molecule has 1 atom stereocenters. The van der Waals surface area contributed by atoms with E-state index < -0.39 is 18.0 Å². The van der Waals surface area contributed by atoms with Gasteiger partial charge in [0.1, 0.15) is 6.04 Å². The fourth-order valence-electron chi connectivity index (χ4n) is 2.51. The van der Waals surface area contributed by atoms with E-state index in [4.69, 9.17) is 23.2 Å². The summed E-state index contributed by atoms with van der Waals surface area (Å²) in [4.78, 5) is 26.0. The van der Waals surface area contributed by atoms with Gasteiger partial charge in [-0.25, -0.2) is 4.79 Å². The van der Waals surface area contributed by atoms with E-state index in [0.717, 1.165) is 11.1 Å². The van der Waals surface area contributed by atoms with E-state index in [2.05, 4.69) is 10.6 Å². The van der Waals surface area contributed by atoms with Crippen LogP contribution in [0.4, 0.5) is 4.79 Å². The molecule has 0 fully saturated rings. The minimum absolute atomic E-state index is 0.389. The fourth-order valence-corrected chi connectivity index (χ4v) is 2.89. The minimum atomic E-state index is -0.659. The summed E-state index contributed by atoms with van der Waals surface area (Å²) in [5, 5.41) is 5.62. The molecule has 3 amide bonds. The Hall–Kier alpha value is -2.08. The van der Waals surface area contributed by atoms with E-state index >= 15 is 0 Å². The van der Waals surface area contributed by atoms with Crippen LogP contribution >= 0.6 is 23.2 Å². The summed E-state index contributed by atoms with van der Waals surface area (Å²) in [5.41, 5.74) is 1.56. The lowest BCUT2D eigenvalue weighted by atomic mass is 10.0. The van der Waals surface area contributed by atoms with Crippen molar-refractivity contribution in [1.29, 1.82) is 0 Å². The third-order valence-corrected chi connectivity index (χ3v) is 4.58. The molecular weight excluding hydrogens is 361 g/mol. The number of benzene rings is 2. The van der Waals surface area contributed by atoms with Crippen molar-refractivity contribution in [1.82, 2.24) is 15.5 Å². The van der Waals surface area contributed by atoms with E-state index in [0.29, 0.717) is 16.6 Å². The Morgan fingerprint density at radius 1 is 1.08 bits per heavy atom. The zero-order chi connectivity index (χ0) is 18.4. The minimum Gasteiger partial charge on any atom is -0.341 e. The average molecular weight is 380 g/mol. The van der Waals surface area contributed by atoms with Crippen molar-refractivity contribution in [3.8, 4) is 0 Å². The molecule has 0 aromatic heterocycles. The van der Waals surface area contributed by atoms with Crippen LogP contribution < -0.4 is 10.6 Å². The highest BCUT2D eigenvalue weighted by atomic mass is 35.5. The van der Waals surface area contributed by atoms with E-state index in [1.807, 2.05) is 41.3 Å². The fraction of sp³-hybridized carbons (Fsp3) is 0.222. The number of halogens is 2. The SMILES string of the molecule is CNC(=O)NC(=O)[C@H](c1ccccc1)N(C)Cc1cccc(Cl)c1Cl. The molecule has 2 aromatic carbocycles. The topological polar surface area (TPSA) is 61.4 Å². The monoisotopic (exact) mass is 379 g/mol. The predicted molar refractivity (Wildman–Crippen MR) is 99.7 cm³/mol. The lowest BCUT2D eigenvalue weighted by molar-refractivity contribution is -0.125.